The Morgan fingerprint density at radius 2 is 1.69 bits per heavy atom. The third kappa shape index (κ3) is 8.01. The van der Waals surface area contributed by atoms with Crippen molar-refractivity contribution < 1.29 is 9.84 Å². The number of thioether (sulfide) groups is 1. The van der Waals surface area contributed by atoms with Crippen LogP contribution >= 0.6 is 11.8 Å². The Balaban J connectivity index is 1.41. The molecule has 1 fully saturated rings. The van der Waals surface area contributed by atoms with Crippen LogP contribution in [0, 0.1) is 0 Å². The minimum absolute atomic E-state index is 0.342. The van der Waals surface area contributed by atoms with Crippen molar-refractivity contribution in [3.05, 3.63) is 59.7 Å². The SMILES string of the molecule is CSc1cccc(CNCc2cccc(OC[C@@H](O)CN3CCCCCC3)c2)c1. The second-order valence-electron chi connectivity index (χ2n) is 7.78. The highest BCUT2D eigenvalue weighted by atomic mass is 32.2. The largest absolute Gasteiger partial charge is 0.491 e. The Morgan fingerprint density at radius 3 is 2.41 bits per heavy atom. The van der Waals surface area contributed by atoms with Gasteiger partial charge in [-0.3, -0.25) is 0 Å². The first-order valence-electron chi connectivity index (χ1n) is 10.7. The second kappa shape index (κ2) is 12.2. The summed E-state index contributed by atoms with van der Waals surface area (Å²) in [6.07, 6.45) is 6.76. The third-order valence-corrected chi connectivity index (χ3v) is 6.03. The lowest BCUT2D eigenvalue weighted by Gasteiger charge is -2.23. The molecule has 2 aromatic carbocycles. The lowest BCUT2D eigenvalue weighted by Crippen LogP contribution is -2.36. The lowest BCUT2D eigenvalue weighted by atomic mass is 10.2. The van der Waals surface area contributed by atoms with Crippen LogP contribution < -0.4 is 10.1 Å². The number of β-amino-alcohol motifs (C(OH)–C–C–N with tert-alkyl or cyclic N) is 1. The average Bonchev–Trinajstić information content (AvgIpc) is 3.01. The summed E-state index contributed by atoms with van der Waals surface area (Å²) in [6, 6.07) is 16.8. The zero-order valence-corrected chi connectivity index (χ0v) is 18.3. The number of aliphatic hydroxyl groups is 1. The number of hydrogen-bond donors (Lipinski definition) is 2. The fraction of sp³-hybridized carbons (Fsp3) is 0.500. The molecule has 0 aromatic heterocycles. The van der Waals surface area contributed by atoms with Crippen LogP contribution in [0.5, 0.6) is 5.75 Å². The van der Waals surface area contributed by atoms with Crippen molar-refractivity contribution in [3.63, 3.8) is 0 Å². The van der Waals surface area contributed by atoms with Gasteiger partial charge in [0.15, 0.2) is 0 Å². The van der Waals surface area contributed by atoms with Crippen LogP contribution in [0.2, 0.25) is 0 Å². The maximum absolute atomic E-state index is 10.4. The Bertz CT molecular complexity index is 732. The van der Waals surface area contributed by atoms with Crippen LogP contribution in [0.25, 0.3) is 0 Å². The third-order valence-electron chi connectivity index (χ3n) is 5.30. The smallest absolute Gasteiger partial charge is 0.119 e. The van der Waals surface area contributed by atoms with Crippen LogP contribution in [-0.4, -0.2) is 48.6 Å². The van der Waals surface area contributed by atoms with Crippen LogP contribution in [0.3, 0.4) is 0 Å². The van der Waals surface area contributed by atoms with E-state index in [-0.39, 0.29) is 0 Å². The van der Waals surface area contributed by atoms with Gasteiger partial charge in [0.2, 0.25) is 0 Å². The first kappa shape index (κ1) is 22.2. The molecule has 3 rings (SSSR count). The van der Waals surface area contributed by atoms with Crippen LogP contribution in [-0.2, 0) is 13.1 Å². The molecular formula is C24H34N2O2S. The molecule has 1 saturated heterocycles. The van der Waals surface area contributed by atoms with E-state index in [1.807, 2.05) is 12.1 Å². The summed E-state index contributed by atoms with van der Waals surface area (Å²) in [5.41, 5.74) is 2.48. The first-order valence-corrected chi connectivity index (χ1v) is 11.9. The van der Waals surface area contributed by atoms with Gasteiger partial charge in [-0.2, -0.15) is 0 Å². The molecule has 0 saturated carbocycles. The molecule has 0 spiro atoms. The van der Waals surface area contributed by atoms with Crippen molar-refractivity contribution in [1.82, 2.24) is 10.2 Å². The summed E-state index contributed by atoms with van der Waals surface area (Å²) < 4.78 is 5.87. The summed E-state index contributed by atoms with van der Waals surface area (Å²) in [5, 5.41) is 13.9. The standard InChI is InChI=1S/C24H34N2O2S/c1-29-24-11-7-9-21(15-24)17-25-16-20-8-6-10-23(14-20)28-19-22(27)18-26-12-4-2-3-5-13-26/h6-11,14-15,22,25,27H,2-5,12-13,16-19H2,1H3/t22-/m0/s1. The number of nitrogens with zero attached hydrogens (tertiary/aromatic N) is 1. The van der Waals surface area contributed by atoms with E-state index in [1.165, 1.54) is 41.7 Å². The number of benzene rings is 2. The number of aliphatic hydroxyl groups excluding tert-OH is 1. The average molecular weight is 415 g/mol. The van der Waals surface area contributed by atoms with E-state index in [0.717, 1.165) is 31.9 Å². The topological polar surface area (TPSA) is 44.7 Å². The van der Waals surface area contributed by atoms with E-state index in [1.54, 1.807) is 11.8 Å². The van der Waals surface area contributed by atoms with Gasteiger partial charge in [0, 0.05) is 24.5 Å². The van der Waals surface area contributed by atoms with Gasteiger partial charge in [0.25, 0.3) is 0 Å². The summed E-state index contributed by atoms with van der Waals surface area (Å²) in [5.74, 6) is 0.823. The van der Waals surface area contributed by atoms with Gasteiger partial charge in [0.05, 0.1) is 0 Å². The number of likely N-dealkylation sites (tertiary alicyclic amines) is 1. The predicted molar refractivity (Wildman–Crippen MR) is 122 cm³/mol. The molecule has 0 unspecified atom stereocenters. The zero-order valence-electron chi connectivity index (χ0n) is 17.5. The molecule has 1 aliphatic heterocycles. The van der Waals surface area contributed by atoms with E-state index in [0.29, 0.717) is 13.2 Å². The van der Waals surface area contributed by atoms with E-state index in [2.05, 4.69) is 52.9 Å². The molecule has 1 atom stereocenters. The van der Waals surface area contributed by atoms with Gasteiger partial charge in [-0.25, -0.2) is 0 Å². The summed E-state index contributed by atoms with van der Waals surface area (Å²) >= 11 is 1.77. The van der Waals surface area contributed by atoms with Crippen molar-refractivity contribution in [1.29, 1.82) is 0 Å². The first-order chi connectivity index (χ1) is 14.2. The van der Waals surface area contributed by atoms with E-state index < -0.39 is 6.10 Å². The maximum Gasteiger partial charge on any atom is 0.119 e. The summed E-state index contributed by atoms with van der Waals surface area (Å²) in [4.78, 5) is 3.66. The van der Waals surface area contributed by atoms with Crippen molar-refractivity contribution in [3.8, 4) is 5.75 Å². The van der Waals surface area contributed by atoms with E-state index >= 15 is 0 Å². The maximum atomic E-state index is 10.4. The summed E-state index contributed by atoms with van der Waals surface area (Å²) in [7, 11) is 0. The Hall–Kier alpha value is -1.53. The van der Waals surface area contributed by atoms with Crippen LogP contribution in [0.15, 0.2) is 53.4 Å². The molecule has 5 heteroatoms. The molecule has 0 aliphatic carbocycles. The molecule has 0 amide bonds. The number of ether oxygens (including phenoxy) is 1. The molecule has 0 bridgehead atoms. The van der Waals surface area contributed by atoms with E-state index in [9.17, 15) is 5.11 Å². The van der Waals surface area contributed by atoms with Gasteiger partial charge in [-0.15, -0.1) is 11.8 Å². The Kier molecular flexibility index (Phi) is 9.35. The van der Waals surface area contributed by atoms with Gasteiger partial charge in [-0.1, -0.05) is 37.1 Å². The lowest BCUT2D eigenvalue weighted by molar-refractivity contribution is 0.0693. The number of nitrogens with one attached hydrogen (secondary N) is 1. The molecule has 0 radical (unpaired) electrons. The van der Waals surface area contributed by atoms with Gasteiger partial charge in [0.1, 0.15) is 18.5 Å². The van der Waals surface area contributed by atoms with Crippen molar-refractivity contribution in [2.45, 2.75) is 49.8 Å². The van der Waals surface area contributed by atoms with Crippen molar-refractivity contribution >= 4 is 11.8 Å². The second-order valence-corrected chi connectivity index (χ2v) is 8.66. The van der Waals surface area contributed by atoms with E-state index in [4.69, 9.17) is 4.74 Å². The molecule has 2 aromatic rings. The minimum Gasteiger partial charge on any atom is -0.491 e. The van der Waals surface area contributed by atoms with Crippen LogP contribution in [0.1, 0.15) is 36.8 Å². The predicted octanol–water partition coefficient (Wildman–Crippen LogP) is 4.31. The molecule has 1 heterocycles. The quantitative estimate of drug-likeness (QED) is 0.567. The highest BCUT2D eigenvalue weighted by molar-refractivity contribution is 7.98. The van der Waals surface area contributed by atoms with Gasteiger partial charge in [-0.05, 0) is 67.6 Å². The Labute approximate surface area is 179 Å². The molecular weight excluding hydrogens is 380 g/mol. The van der Waals surface area contributed by atoms with Gasteiger partial charge < -0.3 is 20.1 Å². The number of hydrogen-bond acceptors (Lipinski definition) is 5. The highest BCUT2D eigenvalue weighted by Crippen LogP contribution is 2.17. The highest BCUT2D eigenvalue weighted by Gasteiger charge is 2.14. The number of rotatable bonds is 10. The Morgan fingerprint density at radius 1 is 1.00 bits per heavy atom. The summed E-state index contributed by atoms with van der Waals surface area (Å²) in [6.45, 7) is 4.87. The molecule has 4 nitrogen and oxygen atoms in total. The fourth-order valence-corrected chi connectivity index (χ4v) is 4.22. The van der Waals surface area contributed by atoms with Crippen molar-refractivity contribution in [2.24, 2.45) is 0 Å². The minimum atomic E-state index is -0.446. The molecule has 29 heavy (non-hydrogen) atoms. The fourth-order valence-electron chi connectivity index (χ4n) is 3.74. The monoisotopic (exact) mass is 414 g/mol. The normalized spacial score (nSPS) is 16.3. The van der Waals surface area contributed by atoms with Crippen molar-refractivity contribution in [2.75, 3.05) is 32.5 Å². The zero-order chi connectivity index (χ0) is 20.3. The molecule has 1 aliphatic rings. The van der Waals surface area contributed by atoms with Crippen LogP contribution in [0.4, 0.5) is 0 Å². The molecule has 158 valence electrons. The molecule has 2 N–H and O–H groups in total. The van der Waals surface area contributed by atoms with Gasteiger partial charge >= 0.3 is 0 Å².